The topological polar surface area (TPSA) is 44.8 Å². The van der Waals surface area contributed by atoms with Crippen LogP contribution in [0, 0.1) is 11.8 Å². The molecule has 0 atom stereocenters. The van der Waals surface area contributed by atoms with Crippen molar-refractivity contribution in [3.63, 3.8) is 0 Å². The quantitative estimate of drug-likeness (QED) is 0.295. The van der Waals surface area contributed by atoms with Gasteiger partial charge in [-0.05, 0) is 92.9 Å². The minimum absolute atomic E-state index is 0.0303. The van der Waals surface area contributed by atoms with Crippen molar-refractivity contribution in [3.05, 3.63) is 54.6 Å². The molecule has 0 unspecified atom stereocenters. The number of carbonyl (C=O) groups is 1. The Hall–Kier alpha value is -2.07. The Morgan fingerprint density at radius 2 is 1.53 bits per heavy atom. The van der Waals surface area contributed by atoms with Gasteiger partial charge in [-0.1, -0.05) is 32.6 Å². The van der Waals surface area contributed by atoms with Gasteiger partial charge >= 0.3 is 5.97 Å². The number of hydrogen-bond donors (Lipinski definition) is 0. The van der Waals surface area contributed by atoms with Crippen LogP contribution in [0.4, 0.5) is 0 Å². The first-order chi connectivity index (χ1) is 15.5. The number of benzene rings is 1. The fraction of sp³-hybridized carbons (Fsp3) is 0.607. The van der Waals surface area contributed by atoms with Crippen LogP contribution in [0.15, 0.2) is 43.5 Å². The highest BCUT2D eigenvalue weighted by atomic mass is 16.5. The molecule has 0 saturated heterocycles. The van der Waals surface area contributed by atoms with Crippen LogP contribution in [0.1, 0.15) is 87.1 Å². The first-order valence-electron chi connectivity index (χ1n) is 12.3. The molecular formula is C28H40O4. The fourth-order valence-corrected chi connectivity index (χ4v) is 5.27. The molecule has 0 N–H and O–H groups in total. The molecule has 0 radical (unpaired) electrons. The van der Waals surface area contributed by atoms with Gasteiger partial charge in [0.05, 0.1) is 18.3 Å². The molecule has 0 aliphatic heterocycles. The highest BCUT2D eigenvalue weighted by Crippen LogP contribution is 2.40. The molecule has 2 aliphatic rings. The average molecular weight is 441 g/mol. The van der Waals surface area contributed by atoms with Gasteiger partial charge in [-0.25, -0.2) is 4.79 Å². The second-order valence-corrected chi connectivity index (χ2v) is 9.60. The van der Waals surface area contributed by atoms with Crippen molar-refractivity contribution in [2.24, 2.45) is 11.8 Å². The van der Waals surface area contributed by atoms with Crippen molar-refractivity contribution in [3.8, 4) is 5.75 Å². The Bertz CT molecular complexity index is 753. The third-order valence-corrected chi connectivity index (χ3v) is 7.06. The molecule has 1 aromatic carbocycles. The average Bonchev–Trinajstić information content (AvgIpc) is 2.82. The standard InChI is InChI=1S/C28H40O4/c1-5-17-30-23-11-7-21(8-12-23)22-9-13-24(14-10-22)32-28(29)26-16-15-25(31-18-6-2)19-27(26)20(3)4/h5-6,15-16,19-24H,1-2,7-14,17-18H2,3-4H3. The summed E-state index contributed by atoms with van der Waals surface area (Å²) >= 11 is 0. The van der Waals surface area contributed by atoms with E-state index in [1.807, 2.05) is 24.3 Å². The predicted molar refractivity (Wildman–Crippen MR) is 129 cm³/mol. The number of rotatable bonds is 10. The minimum atomic E-state index is -0.202. The van der Waals surface area contributed by atoms with Gasteiger partial charge in [0, 0.05) is 0 Å². The van der Waals surface area contributed by atoms with Crippen molar-refractivity contribution >= 4 is 5.97 Å². The van der Waals surface area contributed by atoms with Gasteiger partial charge in [-0.3, -0.25) is 0 Å². The van der Waals surface area contributed by atoms with Gasteiger partial charge in [0.15, 0.2) is 0 Å². The second kappa shape index (κ2) is 12.2. The summed E-state index contributed by atoms with van der Waals surface area (Å²) in [5, 5.41) is 0. The maximum atomic E-state index is 13.0. The Morgan fingerprint density at radius 1 is 0.938 bits per heavy atom. The second-order valence-electron chi connectivity index (χ2n) is 9.60. The molecule has 0 amide bonds. The van der Waals surface area contributed by atoms with Crippen LogP contribution in [0.25, 0.3) is 0 Å². The lowest BCUT2D eigenvalue weighted by Gasteiger charge is -2.37. The van der Waals surface area contributed by atoms with Gasteiger partial charge in [-0.2, -0.15) is 0 Å². The molecule has 0 aromatic heterocycles. The van der Waals surface area contributed by atoms with Crippen LogP contribution in [-0.2, 0) is 9.47 Å². The van der Waals surface area contributed by atoms with E-state index in [-0.39, 0.29) is 18.0 Å². The molecule has 2 aliphatic carbocycles. The maximum Gasteiger partial charge on any atom is 0.338 e. The Labute approximate surface area is 194 Å². The summed E-state index contributed by atoms with van der Waals surface area (Å²) in [5.41, 5.74) is 1.63. The number of hydrogen-bond acceptors (Lipinski definition) is 4. The summed E-state index contributed by atoms with van der Waals surface area (Å²) in [5.74, 6) is 2.33. The van der Waals surface area contributed by atoms with E-state index in [2.05, 4.69) is 27.0 Å². The van der Waals surface area contributed by atoms with E-state index in [9.17, 15) is 4.79 Å². The van der Waals surface area contributed by atoms with Gasteiger partial charge in [0.2, 0.25) is 0 Å². The smallest absolute Gasteiger partial charge is 0.338 e. The van der Waals surface area contributed by atoms with Gasteiger partial charge in [0.25, 0.3) is 0 Å². The summed E-state index contributed by atoms with van der Waals surface area (Å²) in [4.78, 5) is 13.0. The zero-order valence-corrected chi connectivity index (χ0v) is 19.9. The van der Waals surface area contributed by atoms with E-state index in [0.29, 0.717) is 24.9 Å². The fourth-order valence-electron chi connectivity index (χ4n) is 5.27. The van der Waals surface area contributed by atoms with Gasteiger partial charge in [0.1, 0.15) is 18.5 Å². The van der Waals surface area contributed by atoms with E-state index in [1.165, 1.54) is 12.8 Å². The minimum Gasteiger partial charge on any atom is -0.490 e. The summed E-state index contributed by atoms with van der Waals surface area (Å²) in [6, 6.07) is 5.64. The molecule has 4 nitrogen and oxygen atoms in total. The van der Waals surface area contributed by atoms with E-state index >= 15 is 0 Å². The van der Waals surface area contributed by atoms with Crippen LogP contribution < -0.4 is 4.74 Å². The van der Waals surface area contributed by atoms with Crippen molar-refractivity contribution in [2.75, 3.05) is 13.2 Å². The lowest BCUT2D eigenvalue weighted by Crippen LogP contribution is -2.31. The predicted octanol–water partition coefficient (Wildman–Crippen LogP) is 6.85. The molecule has 0 spiro atoms. The number of ether oxygens (including phenoxy) is 3. The van der Waals surface area contributed by atoms with Gasteiger partial charge in [-0.15, -0.1) is 6.58 Å². The van der Waals surface area contributed by atoms with E-state index in [0.717, 1.165) is 61.7 Å². The Kier molecular flexibility index (Phi) is 9.40. The van der Waals surface area contributed by atoms with Crippen LogP contribution in [0.2, 0.25) is 0 Å². The maximum absolute atomic E-state index is 13.0. The molecule has 1 aromatic rings. The van der Waals surface area contributed by atoms with Crippen molar-refractivity contribution in [1.82, 2.24) is 0 Å². The molecule has 32 heavy (non-hydrogen) atoms. The SMILES string of the molecule is C=CCOc1ccc(C(=O)OC2CCC(C3CCC(OCC=C)CC3)CC2)c(C(C)C)c1. The molecule has 0 bridgehead atoms. The molecule has 0 heterocycles. The summed E-state index contributed by atoms with van der Waals surface area (Å²) in [6.45, 7) is 12.7. The highest BCUT2D eigenvalue weighted by Gasteiger charge is 2.32. The molecular weight excluding hydrogens is 400 g/mol. The molecule has 2 saturated carbocycles. The van der Waals surface area contributed by atoms with Crippen LogP contribution in [0.5, 0.6) is 5.75 Å². The van der Waals surface area contributed by atoms with Crippen LogP contribution in [-0.4, -0.2) is 31.4 Å². The van der Waals surface area contributed by atoms with E-state index in [4.69, 9.17) is 14.2 Å². The zero-order valence-electron chi connectivity index (χ0n) is 19.9. The summed E-state index contributed by atoms with van der Waals surface area (Å²) in [6.07, 6.45) is 13.1. The number of esters is 1. The first-order valence-corrected chi connectivity index (χ1v) is 12.3. The highest BCUT2D eigenvalue weighted by molar-refractivity contribution is 5.91. The lowest BCUT2D eigenvalue weighted by molar-refractivity contribution is 0.000807. The summed E-state index contributed by atoms with van der Waals surface area (Å²) < 4.78 is 17.4. The van der Waals surface area contributed by atoms with E-state index < -0.39 is 0 Å². The Morgan fingerprint density at radius 3 is 2.09 bits per heavy atom. The zero-order chi connectivity index (χ0) is 22.9. The largest absolute Gasteiger partial charge is 0.490 e. The van der Waals surface area contributed by atoms with E-state index in [1.54, 1.807) is 6.08 Å². The lowest BCUT2D eigenvalue weighted by atomic mass is 9.72. The van der Waals surface area contributed by atoms with Crippen molar-refractivity contribution < 1.29 is 19.0 Å². The molecule has 2 fully saturated rings. The third kappa shape index (κ3) is 6.71. The van der Waals surface area contributed by atoms with Crippen LogP contribution in [0.3, 0.4) is 0 Å². The molecule has 3 rings (SSSR count). The monoisotopic (exact) mass is 440 g/mol. The van der Waals surface area contributed by atoms with Crippen LogP contribution >= 0.6 is 0 Å². The first kappa shape index (κ1) is 24.6. The molecule has 176 valence electrons. The number of carbonyl (C=O) groups excluding carboxylic acids is 1. The Balaban J connectivity index is 1.49. The van der Waals surface area contributed by atoms with Gasteiger partial charge < -0.3 is 14.2 Å². The normalized spacial score (nSPS) is 25.8. The van der Waals surface area contributed by atoms with Crippen molar-refractivity contribution in [1.29, 1.82) is 0 Å². The summed E-state index contributed by atoms with van der Waals surface area (Å²) in [7, 11) is 0. The third-order valence-electron chi connectivity index (χ3n) is 7.06. The molecule has 4 heteroatoms. The van der Waals surface area contributed by atoms with Crippen molar-refractivity contribution in [2.45, 2.75) is 83.3 Å².